The largest absolute Gasteiger partial charge is 1.00 e. The summed E-state index contributed by atoms with van der Waals surface area (Å²) in [6.45, 7) is -0.377. The van der Waals surface area contributed by atoms with E-state index in [1.54, 1.807) is 24.3 Å². The van der Waals surface area contributed by atoms with Gasteiger partial charge in [0.2, 0.25) is 0 Å². The van der Waals surface area contributed by atoms with Gasteiger partial charge in [0.05, 0.1) is 17.2 Å². The molecule has 2 rings (SSSR count). The predicted molar refractivity (Wildman–Crippen MR) is 81.6 cm³/mol. The summed E-state index contributed by atoms with van der Waals surface area (Å²) >= 11 is 0. The van der Waals surface area contributed by atoms with Gasteiger partial charge in [0.25, 0.3) is 5.91 Å². The summed E-state index contributed by atoms with van der Waals surface area (Å²) in [6.07, 6.45) is -6.33. The number of hydrogen-bond donors (Lipinski definition) is 2. The minimum atomic E-state index is -4.74. The van der Waals surface area contributed by atoms with Crippen LogP contribution in [0, 0.1) is 17.4 Å². The minimum absolute atomic E-state index is 0. The van der Waals surface area contributed by atoms with Crippen molar-refractivity contribution in [1.82, 2.24) is 0 Å². The van der Waals surface area contributed by atoms with Crippen molar-refractivity contribution in [2.75, 3.05) is 11.9 Å². The van der Waals surface area contributed by atoms with Crippen molar-refractivity contribution >= 4 is 11.6 Å². The van der Waals surface area contributed by atoms with Crippen molar-refractivity contribution in [3.63, 3.8) is 0 Å². The summed E-state index contributed by atoms with van der Waals surface area (Å²) in [5.74, 6) is -0.524. The van der Waals surface area contributed by atoms with Crippen molar-refractivity contribution < 1.29 is 79.2 Å². The molecule has 0 aliphatic rings. The SMILES string of the molecule is N#Cc1ccc(NC(=O)[C@@H](O)COc2cc[c-]cc2)cc1C(F)(F)F.[K+]. The van der Waals surface area contributed by atoms with Gasteiger partial charge >= 0.3 is 57.6 Å². The topological polar surface area (TPSA) is 82.4 Å². The fourth-order valence-corrected chi connectivity index (χ4v) is 1.90. The average Bonchev–Trinajstić information content (AvgIpc) is 2.59. The Morgan fingerprint density at radius 3 is 2.54 bits per heavy atom. The number of nitriles is 1. The number of nitrogens with zero attached hydrogens (tertiary/aromatic N) is 1. The van der Waals surface area contributed by atoms with E-state index in [9.17, 15) is 23.1 Å². The van der Waals surface area contributed by atoms with E-state index in [-0.39, 0.29) is 63.7 Å². The number of amides is 1. The number of nitrogens with one attached hydrogen (secondary N) is 1. The molecule has 0 fully saturated rings. The third-order valence-corrected chi connectivity index (χ3v) is 3.11. The second-order valence-corrected chi connectivity index (χ2v) is 4.92. The van der Waals surface area contributed by atoms with Gasteiger partial charge in [-0.15, -0.1) is 12.1 Å². The number of anilines is 1. The van der Waals surface area contributed by atoms with Gasteiger partial charge in [-0.25, -0.2) is 0 Å². The number of alkyl halides is 3. The Labute approximate surface area is 190 Å². The number of ether oxygens (including phenoxy) is 1. The molecule has 1 atom stereocenters. The van der Waals surface area contributed by atoms with E-state index in [2.05, 4.69) is 11.4 Å². The van der Waals surface area contributed by atoms with Crippen molar-refractivity contribution in [3.05, 3.63) is 59.7 Å². The third kappa shape index (κ3) is 6.39. The Morgan fingerprint density at radius 2 is 1.96 bits per heavy atom. The van der Waals surface area contributed by atoms with E-state index in [0.29, 0.717) is 11.8 Å². The Hall–Kier alpha value is -1.41. The van der Waals surface area contributed by atoms with Gasteiger partial charge in [-0.2, -0.15) is 36.6 Å². The smallest absolute Gasteiger partial charge is 0.516 e. The van der Waals surface area contributed by atoms with Crippen LogP contribution in [-0.4, -0.2) is 23.7 Å². The van der Waals surface area contributed by atoms with Crippen LogP contribution < -0.4 is 61.4 Å². The van der Waals surface area contributed by atoms with Gasteiger partial charge in [0, 0.05) is 11.4 Å². The molecule has 0 spiro atoms. The molecule has 0 heterocycles. The van der Waals surface area contributed by atoms with E-state index in [4.69, 9.17) is 10.00 Å². The monoisotopic (exact) mass is 388 g/mol. The average molecular weight is 388 g/mol. The van der Waals surface area contributed by atoms with E-state index in [1.807, 2.05) is 0 Å². The molecule has 0 saturated heterocycles. The van der Waals surface area contributed by atoms with Crippen LogP contribution in [0.25, 0.3) is 0 Å². The zero-order valence-electron chi connectivity index (χ0n) is 13.7. The van der Waals surface area contributed by atoms with Crippen LogP contribution in [0.5, 0.6) is 5.75 Å². The summed E-state index contributed by atoms with van der Waals surface area (Å²) in [5.41, 5.74) is -1.92. The molecule has 0 bridgehead atoms. The first-order chi connectivity index (χ1) is 11.8. The van der Waals surface area contributed by atoms with Crippen molar-refractivity contribution in [1.29, 1.82) is 5.26 Å². The number of aliphatic hydroxyl groups excluding tert-OH is 1. The molecule has 0 saturated carbocycles. The van der Waals surface area contributed by atoms with Crippen molar-refractivity contribution in [2.45, 2.75) is 12.3 Å². The molecule has 0 aromatic heterocycles. The Bertz CT molecular complexity index is 792. The molecule has 0 unspecified atom stereocenters. The maximum Gasteiger partial charge on any atom is 1.00 e. The summed E-state index contributed by atoms with van der Waals surface area (Å²) in [5, 5.41) is 20.6. The summed E-state index contributed by atoms with van der Waals surface area (Å²) < 4.78 is 43.8. The Balaban J connectivity index is 0.00000338. The molecular weight excluding hydrogens is 376 g/mol. The van der Waals surface area contributed by atoms with E-state index in [0.717, 1.165) is 12.1 Å². The third-order valence-electron chi connectivity index (χ3n) is 3.11. The summed E-state index contributed by atoms with van der Waals surface area (Å²) in [4.78, 5) is 11.9. The fraction of sp³-hybridized carbons (Fsp3) is 0.176. The molecular formula is C17H12F3KN2O3. The number of benzene rings is 2. The number of carbonyl (C=O) groups is 1. The van der Waals surface area contributed by atoms with Crippen LogP contribution in [0.15, 0.2) is 42.5 Å². The number of aliphatic hydroxyl groups is 1. The standard InChI is InChI=1S/C17H12F3N2O3.K/c18-17(19,20)14-8-12(7-6-11(14)9-21)22-16(24)15(23)10-25-13-4-2-1-3-5-13;/h2-8,15,23H,10H2,(H,22,24);/q-1;+1/t15-;/m0./s1. The molecule has 26 heavy (non-hydrogen) atoms. The maximum atomic E-state index is 12.9. The van der Waals surface area contributed by atoms with Crippen LogP contribution in [0.4, 0.5) is 18.9 Å². The van der Waals surface area contributed by atoms with Crippen LogP contribution in [-0.2, 0) is 11.0 Å². The minimum Gasteiger partial charge on any atom is -0.516 e. The van der Waals surface area contributed by atoms with E-state index < -0.39 is 29.3 Å². The first-order valence-corrected chi connectivity index (χ1v) is 7.00. The molecule has 1 amide bonds. The molecule has 0 radical (unpaired) electrons. The van der Waals surface area contributed by atoms with Crippen LogP contribution in [0.1, 0.15) is 11.1 Å². The van der Waals surface area contributed by atoms with E-state index in [1.165, 1.54) is 6.07 Å². The Morgan fingerprint density at radius 1 is 1.31 bits per heavy atom. The van der Waals surface area contributed by atoms with Gasteiger partial charge in [-0.1, -0.05) is 0 Å². The number of halogens is 3. The second kappa shape index (κ2) is 10.1. The first kappa shape index (κ1) is 22.6. The number of carbonyl (C=O) groups excluding carboxylic acids is 1. The zero-order valence-corrected chi connectivity index (χ0v) is 16.8. The number of hydrogen-bond acceptors (Lipinski definition) is 4. The van der Waals surface area contributed by atoms with Gasteiger partial charge in [-0.05, 0) is 18.2 Å². The summed E-state index contributed by atoms with van der Waals surface area (Å²) in [7, 11) is 0. The summed E-state index contributed by atoms with van der Waals surface area (Å²) in [6, 6.07) is 13.2. The molecule has 130 valence electrons. The predicted octanol–water partition coefficient (Wildman–Crippen LogP) is -0.240. The molecule has 2 N–H and O–H groups in total. The molecule has 5 nitrogen and oxygen atoms in total. The quantitative estimate of drug-likeness (QED) is 0.547. The maximum absolute atomic E-state index is 12.9. The fourth-order valence-electron chi connectivity index (χ4n) is 1.90. The Kier molecular flexibility index (Phi) is 8.75. The second-order valence-electron chi connectivity index (χ2n) is 4.92. The molecule has 9 heteroatoms. The zero-order chi connectivity index (χ0) is 18.4. The molecule has 2 aromatic rings. The van der Waals surface area contributed by atoms with Crippen LogP contribution in [0.2, 0.25) is 0 Å². The molecule has 2 aromatic carbocycles. The van der Waals surface area contributed by atoms with Crippen LogP contribution in [0.3, 0.4) is 0 Å². The van der Waals surface area contributed by atoms with Gasteiger partial charge in [0.1, 0.15) is 6.61 Å². The van der Waals surface area contributed by atoms with Gasteiger partial charge < -0.3 is 15.2 Å². The molecule has 0 aliphatic heterocycles. The van der Waals surface area contributed by atoms with Crippen molar-refractivity contribution in [3.8, 4) is 11.8 Å². The normalized spacial score (nSPS) is 11.7. The van der Waals surface area contributed by atoms with Gasteiger partial charge in [0.15, 0.2) is 6.10 Å². The first-order valence-electron chi connectivity index (χ1n) is 7.00. The van der Waals surface area contributed by atoms with Crippen LogP contribution >= 0.6 is 0 Å². The number of rotatable bonds is 5. The van der Waals surface area contributed by atoms with Gasteiger partial charge in [-0.3, -0.25) is 4.79 Å². The van der Waals surface area contributed by atoms with Crippen molar-refractivity contribution in [2.24, 2.45) is 0 Å². The molecule has 0 aliphatic carbocycles. The van der Waals surface area contributed by atoms with E-state index >= 15 is 0 Å².